The number of nitrogens with one attached hydrogen (secondary N) is 3. The fourth-order valence-corrected chi connectivity index (χ4v) is 5.90. The first-order valence-corrected chi connectivity index (χ1v) is 13.1. The Balaban J connectivity index is 1.65. The SMILES string of the molecule is CN[C@H](C1CCCCC1)C(C)NC(=O)N(C)CC[C@]1(CCCCOC)NC(=O)c2ccc(F)cc21. The Kier molecular flexibility index (Phi) is 9.92. The van der Waals surface area contributed by atoms with E-state index >= 15 is 0 Å². The van der Waals surface area contributed by atoms with E-state index in [0.29, 0.717) is 43.0 Å². The van der Waals surface area contributed by atoms with Gasteiger partial charge in [-0.25, -0.2) is 9.18 Å². The number of amides is 3. The average molecular weight is 491 g/mol. The van der Waals surface area contributed by atoms with Crippen molar-refractivity contribution >= 4 is 11.9 Å². The minimum atomic E-state index is -0.696. The number of hydrogen-bond acceptors (Lipinski definition) is 4. The topological polar surface area (TPSA) is 82.7 Å². The van der Waals surface area contributed by atoms with Crippen LogP contribution in [0.2, 0.25) is 0 Å². The monoisotopic (exact) mass is 490 g/mol. The normalized spacial score (nSPS) is 21.8. The number of carbonyl (C=O) groups excluding carboxylic acids is 2. The Morgan fingerprint density at radius 1 is 1.26 bits per heavy atom. The summed E-state index contributed by atoms with van der Waals surface area (Å²) < 4.78 is 19.3. The van der Waals surface area contributed by atoms with Gasteiger partial charge in [0.05, 0.1) is 5.54 Å². The third-order valence-electron chi connectivity index (χ3n) is 7.90. The van der Waals surface area contributed by atoms with E-state index in [-0.39, 0.29) is 29.8 Å². The van der Waals surface area contributed by atoms with Crippen molar-refractivity contribution in [2.24, 2.45) is 5.92 Å². The number of unbranched alkanes of at least 4 members (excludes halogenated alkanes) is 1. The summed E-state index contributed by atoms with van der Waals surface area (Å²) in [5, 5.41) is 9.73. The maximum Gasteiger partial charge on any atom is 0.317 e. The summed E-state index contributed by atoms with van der Waals surface area (Å²) in [6, 6.07) is 4.45. The van der Waals surface area contributed by atoms with Crippen LogP contribution in [-0.4, -0.2) is 63.3 Å². The van der Waals surface area contributed by atoms with Crippen molar-refractivity contribution in [3.05, 3.63) is 35.1 Å². The van der Waals surface area contributed by atoms with Crippen LogP contribution in [0.15, 0.2) is 18.2 Å². The summed E-state index contributed by atoms with van der Waals surface area (Å²) in [5.41, 5.74) is 0.510. The molecule has 7 nitrogen and oxygen atoms in total. The molecule has 8 heteroatoms. The third kappa shape index (κ3) is 6.73. The van der Waals surface area contributed by atoms with E-state index in [0.717, 1.165) is 12.8 Å². The minimum Gasteiger partial charge on any atom is -0.385 e. The van der Waals surface area contributed by atoms with E-state index in [1.54, 1.807) is 25.1 Å². The van der Waals surface area contributed by atoms with E-state index in [2.05, 4.69) is 22.9 Å². The van der Waals surface area contributed by atoms with Crippen molar-refractivity contribution in [3.63, 3.8) is 0 Å². The molecule has 1 saturated carbocycles. The quantitative estimate of drug-likeness (QED) is 0.384. The van der Waals surface area contributed by atoms with E-state index in [1.165, 1.54) is 44.2 Å². The maximum absolute atomic E-state index is 14.2. The molecular formula is C27H43FN4O3. The van der Waals surface area contributed by atoms with E-state index in [4.69, 9.17) is 4.74 Å². The number of nitrogens with zero attached hydrogens (tertiary/aromatic N) is 1. The zero-order chi connectivity index (χ0) is 25.4. The molecular weight excluding hydrogens is 447 g/mol. The van der Waals surface area contributed by atoms with Crippen molar-refractivity contribution in [3.8, 4) is 0 Å². The molecule has 1 aliphatic heterocycles. The lowest BCUT2D eigenvalue weighted by atomic mass is 9.81. The zero-order valence-corrected chi connectivity index (χ0v) is 21.8. The van der Waals surface area contributed by atoms with Gasteiger partial charge in [-0.05, 0) is 82.2 Å². The number of carbonyl (C=O) groups is 2. The van der Waals surface area contributed by atoms with Crippen molar-refractivity contribution in [1.82, 2.24) is 20.9 Å². The largest absolute Gasteiger partial charge is 0.385 e. The number of methoxy groups -OCH3 is 1. The van der Waals surface area contributed by atoms with E-state index < -0.39 is 5.54 Å². The van der Waals surface area contributed by atoms with Crippen LogP contribution in [0.5, 0.6) is 0 Å². The molecule has 0 aromatic heterocycles. The molecule has 0 radical (unpaired) electrons. The first kappa shape index (κ1) is 27.4. The highest BCUT2D eigenvalue weighted by molar-refractivity contribution is 6.00. The molecule has 3 N–H and O–H groups in total. The van der Waals surface area contributed by atoms with Crippen molar-refractivity contribution < 1.29 is 18.7 Å². The maximum atomic E-state index is 14.2. The number of rotatable bonds is 12. The lowest BCUT2D eigenvalue weighted by molar-refractivity contribution is 0.0914. The van der Waals surface area contributed by atoms with Gasteiger partial charge in [0.2, 0.25) is 0 Å². The fraction of sp³-hybridized carbons (Fsp3) is 0.704. The zero-order valence-electron chi connectivity index (χ0n) is 21.8. The first-order chi connectivity index (χ1) is 16.8. The Bertz CT molecular complexity index is 861. The lowest BCUT2D eigenvalue weighted by Crippen LogP contribution is -2.54. The molecule has 35 heavy (non-hydrogen) atoms. The van der Waals surface area contributed by atoms with Gasteiger partial charge in [-0.1, -0.05) is 19.3 Å². The van der Waals surface area contributed by atoms with Crippen LogP contribution in [-0.2, 0) is 10.3 Å². The summed E-state index contributed by atoms with van der Waals surface area (Å²) in [6.45, 7) is 3.13. The second-order valence-corrected chi connectivity index (χ2v) is 10.3. The van der Waals surface area contributed by atoms with Crippen molar-refractivity contribution in [1.29, 1.82) is 0 Å². The molecule has 3 amide bonds. The molecule has 1 aromatic rings. The van der Waals surface area contributed by atoms with Crippen LogP contribution >= 0.6 is 0 Å². The number of benzene rings is 1. The van der Waals surface area contributed by atoms with Gasteiger partial charge < -0.3 is 25.6 Å². The summed E-state index contributed by atoms with van der Waals surface area (Å²) in [5.74, 6) is 0.0314. The van der Waals surface area contributed by atoms with Crippen LogP contribution in [0.3, 0.4) is 0 Å². The summed E-state index contributed by atoms with van der Waals surface area (Å²) in [4.78, 5) is 27.4. The number of urea groups is 1. The second kappa shape index (κ2) is 12.7. The van der Waals surface area contributed by atoms with Gasteiger partial charge in [-0.2, -0.15) is 0 Å². The van der Waals surface area contributed by atoms with Gasteiger partial charge in [0.25, 0.3) is 5.91 Å². The van der Waals surface area contributed by atoms with Crippen LogP contribution in [0.4, 0.5) is 9.18 Å². The highest BCUT2D eigenvalue weighted by Crippen LogP contribution is 2.39. The van der Waals surface area contributed by atoms with Gasteiger partial charge in [0.15, 0.2) is 0 Å². The first-order valence-electron chi connectivity index (χ1n) is 13.1. The van der Waals surface area contributed by atoms with Gasteiger partial charge in [0, 0.05) is 45.0 Å². The number of halogens is 1. The van der Waals surface area contributed by atoms with E-state index in [1.807, 2.05) is 7.05 Å². The molecule has 196 valence electrons. The highest BCUT2D eigenvalue weighted by Gasteiger charge is 2.42. The number of likely N-dealkylation sites (N-methyl/N-ethyl adjacent to an activating group) is 1. The lowest BCUT2D eigenvalue weighted by Gasteiger charge is -2.36. The third-order valence-corrected chi connectivity index (χ3v) is 7.90. The van der Waals surface area contributed by atoms with Gasteiger partial charge in [-0.15, -0.1) is 0 Å². The molecule has 0 spiro atoms. The molecule has 1 heterocycles. The van der Waals surface area contributed by atoms with Crippen LogP contribution in [0.25, 0.3) is 0 Å². The van der Waals surface area contributed by atoms with Crippen LogP contribution in [0.1, 0.15) is 80.6 Å². The second-order valence-electron chi connectivity index (χ2n) is 10.3. The molecule has 2 aliphatic rings. The molecule has 0 bridgehead atoms. The molecule has 1 aromatic carbocycles. The molecule has 1 aliphatic carbocycles. The molecule has 3 rings (SSSR count). The Morgan fingerprint density at radius 3 is 2.69 bits per heavy atom. The number of fused-ring (bicyclic) bond motifs is 1. The molecule has 1 unspecified atom stereocenters. The van der Waals surface area contributed by atoms with E-state index in [9.17, 15) is 14.0 Å². The Hall–Kier alpha value is -2.19. The summed E-state index contributed by atoms with van der Waals surface area (Å²) in [7, 11) is 5.41. The van der Waals surface area contributed by atoms with Gasteiger partial charge in [-0.3, -0.25) is 4.79 Å². The highest BCUT2D eigenvalue weighted by atomic mass is 19.1. The molecule has 3 atom stereocenters. The number of ether oxygens (including phenoxy) is 1. The summed E-state index contributed by atoms with van der Waals surface area (Å²) in [6.07, 6.45) is 9.04. The Morgan fingerprint density at radius 2 is 2.00 bits per heavy atom. The van der Waals surface area contributed by atoms with Gasteiger partial charge >= 0.3 is 6.03 Å². The number of hydrogen-bond donors (Lipinski definition) is 3. The predicted molar refractivity (Wildman–Crippen MR) is 136 cm³/mol. The van der Waals surface area contributed by atoms with Crippen LogP contribution in [0, 0.1) is 11.7 Å². The minimum absolute atomic E-state index is 0.00191. The van der Waals surface area contributed by atoms with Crippen LogP contribution < -0.4 is 16.0 Å². The van der Waals surface area contributed by atoms with Crippen molar-refractivity contribution in [2.75, 3.05) is 34.4 Å². The smallest absolute Gasteiger partial charge is 0.317 e. The Labute approximate surface area is 209 Å². The van der Waals surface area contributed by atoms with Crippen molar-refractivity contribution in [2.45, 2.75) is 82.3 Å². The molecule has 1 fully saturated rings. The average Bonchev–Trinajstić information content (AvgIpc) is 3.12. The predicted octanol–water partition coefficient (Wildman–Crippen LogP) is 4.17. The summed E-state index contributed by atoms with van der Waals surface area (Å²) >= 11 is 0. The molecule has 0 saturated heterocycles. The fourth-order valence-electron chi connectivity index (χ4n) is 5.90. The van der Waals surface area contributed by atoms with Gasteiger partial charge in [0.1, 0.15) is 5.82 Å². The standard InChI is InChI=1S/C27H43FN4O3/c1-19(24(29-2)20-10-6-5-7-11-20)30-26(34)32(3)16-15-27(14-8-9-17-35-4)23-18-21(28)12-13-22(23)25(33)31-27/h12-13,18-20,24,29H,5-11,14-17H2,1-4H3,(H,30,34)(H,31,33)/t19?,24-,27-/m0/s1.